The van der Waals surface area contributed by atoms with Gasteiger partial charge >= 0.3 is 5.97 Å². The number of nitrogens with zero attached hydrogens (tertiary/aromatic N) is 2. The van der Waals surface area contributed by atoms with Crippen molar-refractivity contribution >= 4 is 40.5 Å². The van der Waals surface area contributed by atoms with Gasteiger partial charge in [-0.05, 0) is 53.1 Å². The molecule has 0 aliphatic carbocycles. The van der Waals surface area contributed by atoms with Crippen molar-refractivity contribution in [2.45, 2.75) is 13.1 Å². The van der Waals surface area contributed by atoms with Crippen LogP contribution in [0.4, 0.5) is 11.4 Å². The average Bonchev–Trinajstić information content (AvgIpc) is 3.47. The maximum atomic E-state index is 12.3. The summed E-state index contributed by atoms with van der Waals surface area (Å²) in [6.07, 6.45) is 5.04. The molecule has 8 heteroatoms. The molecule has 32 heavy (non-hydrogen) atoms. The second kappa shape index (κ2) is 8.31. The van der Waals surface area contributed by atoms with E-state index in [-0.39, 0.29) is 5.56 Å². The Balaban J connectivity index is 1.71. The van der Waals surface area contributed by atoms with Gasteiger partial charge in [-0.1, -0.05) is 35.3 Å². The highest BCUT2D eigenvalue weighted by Crippen LogP contribution is 2.39. The van der Waals surface area contributed by atoms with Gasteiger partial charge in [0, 0.05) is 48.1 Å². The van der Waals surface area contributed by atoms with Gasteiger partial charge in [-0.15, -0.1) is 0 Å². The van der Waals surface area contributed by atoms with Crippen LogP contribution in [0.3, 0.4) is 0 Å². The van der Waals surface area contributed by atoms with E-state index in [1.54, 1.807) is 47.6 Å². The molecular formula is C24H18Cl2N4O2. The number of aromatic nitrogens is 2. The highest BCUT2D eigenvalue weighted by atomic mass is 35.5. The SMILES string of the molecule is O=C(O)c1cc(-n2ccnc2)cc(Nc2ccc3c(c2)CNC3)c1-c1ccc(Cl)c(Cl)c1. The van der Waals surface area contributed by atoms with Crippen LogP contribution in [0.5, 0.6) is 0 Å². The average molecular weight is 465 g/mol. The Labute approximate surface area is 194 Å². The molecule has 0 amide bonds. The quantitative estimate of drug-likeness (QED) is 0.343. The van der Waals surface area contributed by atoms with Crippen LogP contribution in [-0.2, 0) is 13.1 Å². The van der Waals surface area contributed by atoms with E-state index in [1.165, 1.54) is 11.1 Å². The van der Waals surface area contributed by atoms with Crippen LogP contribution >= 0.6 is 23.2 Å². The summed E-state index contributed by atoms with van der Waals surface area (Å²) in [4.78, 5) is 16.4. The van der Waals surface area contributed by atoms with Crippen molar-refractivity contribution in [2.24, 2.45) is 0 Å². The van der Waals surface area contributed by atoms with Crippen LogP contribution in [0.15, 0.2) is 67.3 Å². The molecule has 0 saturated heterocycles. The number of benzene rings is 3. The minimum atomic E-state index is -1.05. The minimum absolute atomic E-state index is 0.139. The Kier molecular flexibility index (Phi) is 5.35. The van der Waals surface area contributed by atoms with E-state index in [0.29, 0.717) is 32.5 Å². The smallest absolute Gasteiger partial charge is 0.336 e. The number of carboxylic acids is 1. The van der Waals surface area contributed by atoms with Crippen molar-refractivity contribution in [2.75, 3.05) is 5.32 Å². The van der Waals surface area contributed by atoms with Crippen LogP contribution in [0, 0.1) is 0 Å². The molecule has 1 aromatic heterocycles. The number of rotatable bonds is 5. The molecule has 160 valence electrons. The maximum absolute atomic E-state index is 12.3. The highest BCUT2D eigenvalue weighted by molar-refractivity contribution is 6.42. The molecule has 0 unspecified atom stereocenters. The monoisotopic (exact) mass is 464 g/mol. The third-order valence-electron chi connectivity index (χ3n) is 5.48. The predicted molar refractivity (Wildman–Crippen MR) is 126 cm³/mol. The van der Waals surface area contributed by atoms with Gasteiger partial charge in [0.25, 0.3) is 0 Å². The van der Waals surface area contributed by atoms with Crippen LogP contribution in [0.1, 0.15) is 21.5 Å². The normalized spacial score (nSPS) is 12.6. The summed E-state index contributed by atoms with van der Waals surface area (Å²) in [5, 5.41) is 17.6. The Bertz CT molecular complexity index is 1340. The summed E-state index contributed by atoms with van der Waals surface area (Å²) in [7, 11) is 0. The molecule has 1 aliphatic heterocycles. The molecule has 1 aliphatic rings. The third kappa shape index (κ3) is 3.84. The molecule has 0 fully saturated rings. The fourth-order valence-corrected chi connectivity index (χ4v) is 4.24. The van der Waals surface area contributed by atoms with Crippen LogP contribution < -0.4 is 10.6 Å². The number of aromatic carboxylic acids is 1. The number of carbonyl (C=O) groups is 1. The zero-order valence-corrected chi connectivity index (χ0v) is 18.3. The lowest BCUT2D eigenvalue weighted by Gasteiger charge is -2.18. The molecule has 4 aromatic rings. The molecule has 0 bridgehead atoms. The zero-order valence-electron chi connectivity index (χ0n) is 16.8. The second-order valence-corrected chi connectivity index (χ2v) is 8.35. The van der Waals surface area contributed by atoms with E-state index >= 15 is 0 Å². The summed E-state index contributed by atoms with van der Waals surface area (Å²) in [6, 6.07) is 14.8. The molecule has 0 spiro atoms. The van der Waals surface area contributed by atoms with Crippen molar-refractivity contribution in [1.29, 1.82) is 0 Å². The van der Waals surface area contributed by atoms with Gasteiger partial charge < -0.3 is 20.3 Å². The summed E-state index contributed by atoms with van der Waals surface area (Å²) in [5.74, 6) is -1.05. The maximum Gasteiger partial charge on any atom is 0.336 e. The summed E-state index contributed by atoms with van der Waals surface area (Å²) in [5.41, 5.74) is 5.98. The largest absolute Gasteiger partial charge is 0.478 e. The van der Waals surface area contributed by atoms with Gasteiger partial charge in [0.05, 0.1) is 21.9 Å². The zero-order chi connectivity index (χ0) is 22.2. The van der Waals surface area contributed by atoms with Gasteiger partial charge in [0.1, 0.15) is 0 Å². The van der Waals surface area contributed by atoms with Crippen molar-refractivity contribution in [3.05, 3.63) is 94.0 Å². The van der Waals surface area contributed by atoms with Gasteiger partial charge in [0.15, 0.2) is 0 Å². The Morgan fingerprint density at radius 2 is 1.88 bits per heavy atom. The van der Waals surface area contributed by atoms with E-state index in [2.05, 4.69) is 27.8 Å². The van der Waals surface area contributed by atoms with E-state index in [4.69, 9.17) is 23.2 Å². The Morgan fingerprint density at radius 3 is 2.62 bits per heavy atom. The van der Waals surface area contributed by atoms with Crippen molar-refractivity contribution in [1.82, 2.24) is 14.9 Å². The molecule has 5 rings (SSSR count). The molecule has 3 N–H and O–H groups in total. The fraction of sp³-hybridized carbons (Fsp3) is 0.0833. The lowest BCUT2D eigenvalue weighted by atomic mass is 9.96. The first-order valence-electron chi connectivity index (χ1n) is 9.94. The predicted octanol–water partition coefficient (Wildman–Crippen LogP) is 5.89. The number of hydrogen-bond acceptors (Lipinski definition) is 4. The van der Waals surface area contributed by atoms with Crippen LogP contribution in [0.25, 0.3) is 16.8 Å². The third-order valence-corrected chi connectivity index (χ3v) is 6.22. The number of nitrogens with one attached hydrogen (secondary N) is 2. The van der Waals surface area contributed by atoms with Crippen molar-refractivity contribution < 1.29 is 9.90 Å². The van der Waals surface area contributed by atoms with Gasteiger partial charge in [-0.25, -0.2) is 9.78 Å². The van der Waals surface area contributed by atoms with E-state index in [9.17, 15) is 9.90 Å². The Hall–Kier alpha value is -3.32. The molecule has 0 radical (unpaired) electrons. The van der Waals surface area contributed by atoms with Gasteiger partial charge in [-0.3, -0.25) is 0 Å². The lowest BCUT2D eigenvalue weighted by molar-refractivity contribution is 0.0697. The second-order valence-electron chi connectivity index (χ2n) is 7.53. The molecule has 3 aromatic carbocycles. The lowest BCUT2D eigenvalue weighted by Crippen LogP contribution is -2.06. The first-order chi connectivity index (χ1) is 15.5. The molecule has 0 atom stereocenters. The number of hydrogen-bond donors (Lipinski definition) is 3. The number of fused-ring (bicyclic) bond motifs is 1. The molecule has 0 saturated carbocycles. The topological polar surface area (TPSA) is 79.2 Å². The van der Waals surface area contributed by atoms with Crippen LogP contribution in [-0.4, -0.2) is 20.6 Å². The number of carboxylic acid groups (broad SMARTS) is 1. The van der Waals surface area contributed by atoms with Crippen LogP contribution in [0.2, 0.25) is 10.0 Å². The standard InChI is InChI=1S/C24H18Cl2N4O2/c25-20-4-2-14(8-21(20)26)23-19(24(31)32)9-18(30-6-5-27-13-30)10-22(23)29-17-3-1-15-11-28-12-16(15)7-17/h1-10,13,28-29H,11-12H2,(H,31,32). The van der Waals surface area contributed by atoms with Crippen molar-refractivity contribution in [3.8, 4) is 16.8 Å². The summed E-state index contributed by atoms with van der Waals surface area (Å²) in [6.45, 7) is 1.66. The van der Waals surface area contributed by atoms with E-state index < -0.39 is 5.97 Å². The number of imidazole rings is 1. The first kappa shape index (κ1) is 20.6. The number of halogens is 2. The van der Waals surface area contributed by atoms with Gasteiger partial charge in [0.2, 0.25) is 0 Å². The molecule has 2 heterocycles. The summed E-state index contributed by atoms with van der Waals surface area (Å²) >= 11 is 12.4. The fourth-order valence-electron chi connectivity index (χ4n) is 3.95. The Morgan fingerprint density at radius 1 is 1.03 bits per heavy atom. The highest BCUT2D eigenvalue weighted by Gasteiger charge is 2.20. The summed E-state index contributed by atoms with van der Waals surface area (Å²) < 4.78 is 1.77. The first-order valence-corrected chi connectivity index (χ1v) is 10.7. The molecule has 6 nitrogen and oxygen atoms in total. The minimum Gasteiger partial charge on any atom is -0.478 e. The van der Waals surface area contributed by atoms with Crippen molar-refractivity contribution in [3.63, 3.8) is 0 Å². The van der Waals surface area contributed by atoms with E-state index in [0.717, 1.165) is 18.8 Å². The van der Waals surface area contributed by atoms with Gasteiger partial charge in [-0.2, -0.15) is 0 Å². The van der Waals surface area contributed by atoms with E-state index in [1.807, 2.05) is 12.1 Å². The molecular weight excluding hydrogens is 447 g/mol. The number of anilines is 2.